The minimum absolute atomic E-state index is 0.707. The van der Waals surface area contributed by atoms with E-state index in [1.165, 1.54) is 24.0 Å². The SMILES string of the molecule is CCC(CC)c1ccccc1CCOC. The zero-order valence-corrected chi connectivity index (χ0v) is 10.1. The molecule has 0 amide bonds. The van der Waals surface area contributed by atoms with Gasteiger partial charge in [0.05, 0.1) is 6.61 Å². The summed E-state index contributed by atoms with van der Waals surface area (Å²) in [6, 6.07) is 8.76. The zero-order chi connectivity index (χ0) is 11.1. The van der Waals surface area contributed by atoms with Gasteiger partial charge in [0.25, 0.3) is 0 Å². The van der Waals surface area contributed by atoms with E-state index in [0.29, 0.717) is 5.92 Å². The molecule has 0 spiro atoms. The van der Waals surface area contributed by atoms with E-state index in [2.05, 4.69) is 38.1 Å². The predicted molar refractivity (Wildman–Crippen MR) is 65.3 cm³/mol. The highest BCUT2D eigenvalue weighted by molar-refractivity contribution is 5.30. The molecule has 0 atom stereocenters. The Bertz CT molecular complexity index is 276. The van der Waals surface area contributed by atoms with Crippen LogP contribution in [-0.4, -0.2) is 13.7 Å². The Kier molecular flexibility index (Phi) is 5.41. The average molecular weight is 206 g/mol. The van der Waals surface area contributed by atoms with Crippen molar-refractivity contribution in [2.45, 2.75) is 39.0 Å². The quantitative estimate of drug-likeness (QED) is 0.688. The van der Waals surface area contributed by atoms with Crippen molar-refractivity contribution < 1.29 is 4.74 Å². The molecule has 0 bridgehead atoms. The van der Waals surface area contributed by atoms with Crippen molar-refractivity contribution in [3.8, 4) is 0 Å². The van der Waals surface area contributed by atoms with Crippen molar-refractivity contribution in [1.29, 1.82) is 0 Å². The van der Waals surface area contributed by atoms with E-state index in [1.807, 2.05) is 0 Å². The van der Waals surface area contributed by atoms with E-state index in [-0.39, 0.29) is 0 Å². The fourth-order valence-electron chi connectivity index (χ4n) is 2.10. The first kappa shape index (κ1) is 12.3. The summed E-state index contributed by atoms with van der Waals surface area (Å²) in [6.45, 7) is 5.35. The van der Waals surface area contributed by atoms with Gasteiger partial charge in [-0.3, -0.25) is 0 Å². The summed E-state index contributed by atoms with van der Waals surface area (Å²) < 4.78 is 5.15. The van der Waals surface area contributed by atoms with Crippen molar-refractivity contribution in [2.24, 2.45) is 0 Å². The third-order valence-corrected chi connectivity index (χ3v) is 3.06. The Morgan fingerprint density at radius 3 is 2.40 bits per heavy atom. The van der Waals surface area contributed by atoms with E-state index in [0.717, 1.165) is 13.0 Å². The van der Waals surface area contributed by atoms with Gasteiger partial charge in [-0.25, -0.2) is 0 Å². The molecule has 0 saturated carbocycles. The Hall–Kier alpha value is -0.820. The average Bonchev–Trinajstić information content (AvgIpc) is 2.29. The lowest BCUT2D eigenvalue weighted by Gasteiger charge is -2.17. The lowest BCUT2D eigenvalue weighted by atomic mass is 9.89. The van der Waals surface area contributed by atoms with Crippen LogP contribution in [0.1, 0.15) is 43.7 Å². The van der Waals surface area contributed by atoms with Crippen molar-refractivity contribution >= 4 is 0 Å². The Labute approximate surface area is 93.5 Å². The molecule has 0 unspecified atom stereocenters. The summed E-state index contributed by atoms with van der Waals surface area (Å²) >= 11 is 0. The maximum atomic E-state index is 5.15. The molecule has 15 heavy (non-hydrogen) atoms. The molecule has 1 nitrogen and oxygen atoms in total. The molecule has 0 saturated heterocycles. The standard InChI is InChI=1S/C14H22O/c1-4-12(5-2)14-9-7-6-8-13(14)10-11-15-3/h6-9,12H,4-5,10-11H2,1-3H3. The van der Waals surface area contributed by atoms with E-state index in [1.54, 1.807) is 7.11 Å². The molecular weight excluding hydrogens is 184 g/mol. The predicted octanol–water partition coefficient (Wildman–Crippen LogP) is 3.78. The van der Waals surface area contributed by atoms with Crippen LogP contribution in [0, 0.1) is 0 Å². The fourth-order valence-corrected chi connectivity index (χ4v) is 2.10. The summed E-state index contributed by atoms with van der Waals surface area (Å²) in [5.74, 6) is 0.707. The minimum atomic E-state index is 0.707. The van der Waals surface area contributed by atoms with Gasteiger partial charge in [0.1, 0.15) is 0 Å². The van der Waals surface area contributed by atoms with Crippen LogP contribution in [0.25, 0.3) is 0 Å². The van der Waals surface area contributed by atoms with Gasteiger partial charge < -0.3 is 4.74 Å². The Balaban J connectivity index is 2.84. The molecule has 0 radical (unpaired) electrons. The number of hydrogen-bond donors (Lipinski definition) is 0. The van der Waals surface area contributed by atoms with Crippen LogP contribution in [0.5, 0.6) is 0 Å². The van der Waals surface area contributed by atoms with E-state index >= 15 is 0 Å². The van der Waals surface area contributed by atoms with E-state index in [9.17, 15) is 0 Å². The van der Waals surface area contributed by atoms with Gasteiger partial charge >= 0.3 is 0 Å². The first-order valence-corrected chi connectivity index (χ1v) is 5.90. The van der Waals surface area contributed by atoms with Crippen molar-refractivity contribution in [3.05, 3.63) is 35.4 Å². The molecule has 0 heterocycles. The van der Waals surface area contributed by atoms with Crippen molar-refractivity contribution in [3.63, 3.8) is 0 Å². The second-order valence-corrected chi connectivity index (χ2v) is 3.96. The molecule has 84 valence electrons. The van der Waals surface area contributed by atoms with Crippen LogP contribution in [0.2, 0.25) is 0 Å². The van der Waals surface area contributed by atoms with Crippen molar-refractivity contribution in [1.82, 2.24) is 0 Å². The summed E-state index contributed by atoms with van der Waals surface area (Å²) in [7, 11) is 1.76. The van der Waals surface area contributed by atoms with Gasteiger partial charge in [0, 0.05) is 7.11 Å². The van der Waals surface area contributed by atoms with Gasteiger partial charge in [0.2, 0.25) is 0 Å². The van der Waals surface area contributed by atoms with E-state index < -0.39 is 0 Å². The van der Waals surface area contributed by atoms with Crippen LogP contribution in [0.15, 0.2) is 24.3 Å². The fraction of sp³-hybridized carbons (Fsp3) is 0.571. The van der Waals surface area contributed by atoms with Crippen LogP contribution >= 0.6 is 0 Å². The highest BCUT2D eigenvalue weighted by Crippen LogP contribution is 2.26. The monoisotopic (exact) mass is 206 g/mol. The molecule has 1 heteroatoms. The van der Waals surface area contributed by atoms with Crippen LogP contribution < -0.4 is 0 Å². The lowest BCUT2D eigenvalue weighted by molar-refractivity contribution is 0.202. The highest BCUT2D eigenvalue weighted by atomic mass is 16.5. The summed E-state index contributed by atoms with van der Waals surface area (Å²) in [6.07, 6.45) is 3.48. The van der Waals surface area contributed by atoms with Gasteiger partial charge in [-0.05, 0) is 36.3 Å². The number of methoxy groups -OCH3 is 1. The van der Waals surface area contributed by atoms with Crippen molar-refractivity contribution in [2.75, 3.05) is 13.7 Å². The molecule has 0 N–H and O–H groups in total. The molecule has 0 aliphatic rings. The van der Waals surface area contributed by atoms with Crippen LogP contribution in [0.3, 0.4) is 0 Å². The summed E-state index contributed by atoms with van der Waals surface area (Å²) in [5.41, 5.74) is 2.97. The lowest BCUT2D eigenvalue weighted by Crippen LogP contribution is -2.03. The molecule has 0 fully saturated rings. The van der Waals surface area contributed by atoms with Gasteiger partial charge in [-0.1, -0.05) is 38.1 Å². The maximum absolute atomic E-state index is 5.15. The second-order valence-electron chi connectivity index (χ2n) is 3.96. The number of rotatable bonds is 6. The normalized spacial score (nSPS) is 10.9. The smallest absolute Gasteiger partial charge is 0.0502 e. The van der Waals surface area contributed by atoms with Crippen LogP contribution in [0.4, 0.5) is 0 Å². The number of benzene rings is 1. The van der Waals surface area contributed by atoms with Gasteiger partial charge in [-0.15, -0.1) is 0 Å². The second kappa shape index (κ2) is 6.62. The first-order valence-electron chi connectivity index (χ1n) is 5.90. The third-order valence-electron chi connectivity index (χ3n) is 3.06. The molecule has 0 aliphatic carbocycles. The molecular formula is C14H22O. The number of ether oxygens (including phenoxy) is 1. The minimum Gasteiger partial charge on any atom is -0.384 e. The Morgan fingerprint density at radius 2 is 1.80 bits per heavy atom. The largest absolute Gasteiger partial charge is 0.384 e. The van der Waals surface area contributed by atoms with Gasteiger partial charge in [-0.2, -0.15) is 0 Å². The molecule has 0 aliphatic heterocycles. The first-order chi connectivity index (χ1) is 7.33. The van der Waals surface area contributed by atoms with Gasteiger partial charge in [0.15, 0.2) is 0 Å². The summed E-state index contributed by atoms with van der Waals surface area (Å²) in [5, 5.41) is 0. The zero-order valence-electron chi connectivity index (χ0n) is 10.1. The number of hydrogen-bond acceptors (Lipinski definition) is 1. The van der Waals surface area contributed by atoms with E-state index in [4.69, 9.17) is 4.74 Å². The molecule has 1 aromatic carbocycles. The topological polar surface area (TPSA) is 9.23 Å². The molecule has 0 aromatic heterocycles. The molecule has 1 rings (SSSR count). The maximum Gasteiger partial charge on any atom is 0.0502 e. The van der Waals surface area contributed by atoms with Crippen LogP contribution in [-0.2, 0) is 11.2 Å². The highest BCUT2D eigenvalue weighted by Gasteiger charge is 2.10. The third kappa shape index (κ3) is 3.35. The summed E-state index contributed by atoms with van der Waals surface area (Å²) in [4.78, 5) is 0. The Morgan fingerprint density at radius 1 is 1.13 bits per heavy atom. The molecule has 1 aromatic rings.